The average Bonchev–Trinajstić information content (AvgIpc) is 3.32. The molecule has 4 aliphatic rings. The molecule has 2 aromatic rings. The summed E-state index contributed by atoms with van der Waals surface area (Å²) in [6.45, 7) is 14.6. The third kappa shape index (κ3) is 5.04. The number of benzene rings is 2. The number of rotatable bonds is 6. The molecule has 3 fully saturated rings. The molecule has 0 radical (unpaired) electrons. The van der Waals surface area contributed by atoms with Crippen molar-refractivity contribution in [2.75, 3.05) is 0 Å². The van der Waals surface area contributed by atoms with Gasteiger partial charge < -0.3 is 4.74 Å². The number of allylic oxidation sites excluding steroid dienone is 5. The highest BCUT2D eigenvalue weighted by molar-refractivity contribution is 5.95. The van der Waals surface area contributed by atoms with E-state index in [0.29, 0.717) is 40.6 Å². The monoisotopic (exact) mass is 550 g/mol. The molecule has 2 heteroatoms. The molecule has 0 amide bonds. The lowest BCUT2D eigenvalue weighted by Gasteiger charge is -2.55. The Balaban J connectivity index is 1.16. The van der Waals surface area contributed by atoms with Crippen LogP contribution in [0.2, 0.25) is 0 Å². The molecule has 2 aromatic carbocycles. The van der Waals surface area contributed by atoms with Crippen LogP contribution in [0.3, 0.4) is 0 Å². The Labute approximate surface area is 248 Å². The number of fused-ring (bicyclic) bond motifs is 6. The SMILES string of the molecule is CC(C)C(C)/C=C/[C@@H](C)C1CCC2C3=CC=C4CC(OC(=O)c5ccc6ccccc6c5)CCC4(C)C3CCC21C. The zero-order chi connectivity index (χ0) is 28.9. The Bertz CT molecular complexity index is 1390. The van der Waals surface area contributed by atoms with Crippen molar-refractivity contribution >= 4 is 16.7 Å². The third-order valence-corrected chi connectivity index (χ3v) is 12.3. The number of carbonyl (C=O) groups excluding carboxylic acids is 1. The van der Waals surface area contributed by atoms with Crippen molar-refractivity contribution in [2.24, 2.45) is 46.3 Å². The highest BCUT2D eigenvalue weighted by Crippen LogP contribution is 2.66. The van der Waals surface area contributed by atoms with Gasteiger partial charge in [-0.25, -0.2) is 4.79 Å². The van der Waals surface area contributed by atoms with Crippen LogP contribution in [0.15, 0.2) is 77.9 Å². The van der Waals surface area contributed by atoms with Crippen LogP contribution in [0.4, 0.5) is 0 Å². The summed E-state index contributed by atoms with van der Waals surface area (Å²) in [5.41, 5.74) is 4.51. The molecule has 0 bridgehead atoms. The predicted octanol–water partition coefficient (Wildman–Crippen LogP) is 10.3. The fourth-order valence-electron chi connectivity index (χ4n) is 9.22. The Morgan fingerprint density at radius 1 is 0.878 bits per heavy atom. The minimum absolute atomic E-state index is 0.0335. The summed E-state index contributed by atoms with van der Waals surface area (Å²) < 4.78 is 6.13. The molecular formula is C39H50O2. The molecule has 6 rings (SSSR count). The summed E-state index contributed by atoms with van der Waals surface area (Å²) in [5, 5.41) is 2.23. The van der Waals surface area contributed by atoms with E-state index in [4.69, 9.17) is 4.74 Å². The fraction of sp³-hybridized carbons (Fsp3) is 0.564. The van der Waals surface area contributed by atoms with E-state index in [2.05, 4.69) is 78.0 Å². The standard InChI is InChI=1S/C39H50O2/c1-25(2)26(3)11-12-27(4)34-17-18-35-33-16-15-31-24-32(19-21-38(31,5)36(33)20-22-39(34,35)6)41-37(40)30-14-13-28-9-7-8-10-29(28)23-30/h7-16,23,25-27,32,34-36H,17-22,24H2,1-6H3/b12-11+/t26?,27-,32?,34?,35?,36?,38?,39?/m1/s1. The summed E-state index contributed by atoms with van der Waals surface area (Å²) in [6, 6.07) is 14.1. The first-order valence-electron chi connectivity index (χ1n) is 16.4. The quantitative estimate of drug-likeness (QED) is 0.264. The van der Waals surface area contributed by atoms with E-state index in [-0.39, 0.29) is 17.5 Å². The topological polar surface area (TPSA) is 26.3 Å². The van der Waals surface area contributed by atoms with E-state index in [0.717, 1.165) is 36.0 Å². The number of ether oxygens (including phenoxy) is 1. The first kappa shape index (κ1) is 28.5. The Morgan fingerprint density at radius 2 is 1.66 bits per heavy atom. The first-order valence-corrected chi connectivity index (χ1v) is 16.4. The Kier molecular flexibility index (Phi) is 7.58. The van der Waals surface area contributed by atoms with E-state index in [1.54, 1.807) is 5.57 Å². The van der Waals surface area contributed by atoms with Crippen LogP contribution in [0.25, 0.3) is 10.8 Å². The summed E-state index contributed by atoms with van der Waals surface area (Å²) in [7, 11) is 0. The molecule has 8 atom stereocenters. The van der Waals surface area contributed by atoms with Crippen LogP contribution >= 0.6 is 0 Å². The molecule has 0 N–H and O–H groups in total. The maximum Gasteiger partial charge on any atom is 0.338 e. The molecule has 0 heterocycles. The summed E-state index contributed by atoms with van der Waals surface area (Å²) in [6.07, 6.45) is 18.2. The Morgan fingerprint density at radius 3 is 2.44 bits per heavy atom. The number of hydrogen-bond acceptors (Lipinski definition) is 2. The van der Waals surface area contributed by atoms with Crippen LogP contribution in [0.5, 0.6) is 0 Å². The molecular weight excluding hydrogens is 500 g/mol. The second-order valence-electron chi connectivity index (χ2n) is 14.8. The minimum Gasteiger partial charge on any atom is -0.458 e. The van der Waals surface area contributed by atoms with E-state index in [1.807, 2.05) is 30.3 Å². The van der Waals surface area contributed by atoms with Gasteiger partial charge in [0.2, 0.25) is 0 Å². The van der Waals surface area contributed by atoms with Gasteiger partial charge in [-0.1, -0.05) is 107 Å². The van der Waals surface area contributed by atoms with Crippen molar-refractivity contribution in [3.8, 4) is 0 Å². The summed E-state index contributed by atoms with van der Waals surface area (Å²) in [5.74, 6) is 3.92. The summed E-state index contributed by atoms with van der Waals surface area (Å²) in [4.78, 5) is 13.1. The number of hydrogen-bond donors (Lipinski definition) is 0. The van der Waals surface area contributed by atoms with Gasteiger partial charge in [-0.15, -0.1) is 0 Å². The van der Waals surface area contributed by atoms with Gasteiger partial charge >= 0.3 is 5.97 Å². The molecule has 0 aromatic heterocycles. The van der Waals surface area contributed by atoms with Crippen LogP contribution in [-0.4, -0.2) is 12.1 Å². The van der Waals surface area contributed by atoms with Gasteiger partial charge in [0.15, 0.2) is 0 Å². The molecule has 0 saturated heterocycles. The van der Waals surface area contributed by atoms with Crippen LogP contribution in [-0.2, 0) is 4.74 Å². The molecule has 3 saturated carbocycles. The molecule has 7 unspecified atom stereocenters. The highest BCUT2D eigenvalue weighted by atomic mass is 16.5. The molecule has 0 spiro atoms. The van der Waals surface area contributed by atoms with Crippen LogP contribution in [0.1, 0.15) is 96.8 Å². The number of esters is 1. The fourth-order valence-corrected chi connectivity index (χ4v) is 9.22. The van der Waals surface area contributed by atoms with Gasteiger partial charge in [0.1, 0.15) is 6.10 Å². The predicted molar refractivity (Wildman–Crippen MR) is 171 cm³/mol. The van der Waals surface area contributed by atoms with E-state index in [9.17, 15) is 4.79 Å². The van der Waals surface area contributed by atoms with Gasteiger partial charge in [0.25, 0.3) is 0 Å². The van der Waals surface area contributed by atoms with Gasteiger partial charge in [-0.2, -0.15) is 0 Å². The van der Waals surface area contributed by atoms with Crippen molar-refractivity contribution < 1.29 is 9.53 Å². The normalized spacial score (nSPS) is 34.4. The van der Waals surface area contributed by atoms with Crippen molar-refractivity contribution in [3.63, 3.8) is 0 Å². The molecule has 0 aliphatic heterocycles. The van der Waals surface area contributed by atoms with Gasteiger partial charge in [0.05, 0.1) is 5.56 Å². The van der Waals surface area contributed by atoms with E-state index < -0.39 is 0 Å². The van der Waals surface area contributed by atoms with Crippen LogP contribution in [0, 0.1) is 46.3 Å². The summed E-state index contributed by atoms with van der Waals surface area (Å²) >= 11 is 0. The van der Waals surface area contributed by atoms with E-state index >= 15 is 0 Å². The zero-order valence-electron chi connectivity index (χ0n) is 26.2. The maximum atomic E-state index is 13.1. The minimum atomic E-state index is -0.187. The maximum absolute atomic E-state index is 13.1. The first-order chi connectivity index (χ1) is 19.6. The average molecular weight is 551 g/mol. The number of carbonyl (C=O) groups is 1. The lowest BCUT2D eigenvalue weighted by Crippen LogP contribution is -2.46. The second-order valence-corrected chi connectivity index (χ2v) is 14.8. The Hall–Kier alpha value is -2.61. The van der Waals surface area contributed by atoms with Crippen molar-refractivity contribution in [1.29, 1.82) is 0 Å². The molecule has 41 heavy (non-hydrogen) atoms. The van der Waals surface area contributed by atoms with Crippen molar-refractivity contribution in [1.82, 2.24) is 0 Å². The lowest BCUT2D eigenvalue weighted by atomic mass is 9.50. The molecule has 218 valence electrons. The van der Waals surface area contributed by atoms with Gasteiger partial charge in [0, 0.05) is 6.42 Å². The van der Waals surface area contributed by atoms with Crippen molar-refractivity contribution in [2.45, 2.75) is 92.6 Å². The second kappa shape index (κ2) is 10.9. The lowest BCUT2D eigenvalue weighted by molar-refractivity contribution is 0.00693. The highest BCUT2D eigenvalue weighted by Gasteiger charge is 2.57. The van der Waals surface area contributed by atoms with E-state index in [1.165, 1.54) is 31.3 Å². The third-order valence-electron chi connectivity index (χ3n) is 12.3. The van der Waals surface area contributed by atoms with Gasteiger partial charge in [-0.3, -0.25) is 0 Å². The van der Waals surface area contributed by atoms with Gasteiger partial charge in [-0.05, 0) is 108 Å². The smallest absolute Gasteiger partial charge is 0.338 e. The molecule has 2 nitrogen and oxygen atoms in total. The van der Waals surface area contributed by atoms with Crippen LogP contribution < -0.4 is 0 Å². The zero-order valence-corrected chi connectivity index (χ0v) is 26.2. The van der Waals surface area contributed by atoms with Crippen molar-refractivity contribution in [3.05, 3.63) is 83.5 Å². The largest absolute Gasteiger partial charge is 0.458 e. The molecule has 4 aliphatic carbocycles.